The van der Waals surface area contributed by atoms with Crippen LogP contribution in [0, 0.1) is 10.1 Å². The number of hydrogen-bond donors (Lipinski definition) is 0. The van der Waals surface area contributed by atoms with Gasteiger partial charge in [0.15, 0.2) is 4.80 Å². The average Bonchev–Trinajstić information content (AvgIpc) is 3.18. The van der Waals surface area contributed by atoms with E-state index in [1.165, 1.54) is 23.0 Å². The summed E-state index contributed by atoms with van der Waals surface area (Å²) in [6.45, 7) is 0. The standard InChI is InChI=1S/C27H18BrN3O3S/c28-19-11-8-16(9-12-19)14-23-26(32)30-25(18-5-3-6-20(15-18)31(33)34)22-13-10-17-4-1-2-7-21(17)24(22)29-27(30)35-23/h1-9,11-12,14-15,25H,10,13H2/b23-14+. The predicted molar refractivity (Wildman–Crippen MR) is 140 cm³/mol. The van der Waals surface area contributed by atoms with Crippen LogP contribution in [0.2, 0.25) is 0 Å². The SMILES string of the molecule is O=c1/c(=C\c2ccc(Br)cc2)sc2n1C(c1cccc([N+](=O)[O-])c1)C1=C(N=2)c2ccccc2CC1. The van der Waals surface area contributed by atoms with E-state index >= 15 is 0 Å². The Bertz CT molecular complexity index is 1720. The Hall–Kier alpha value is -3.62. The highest BCUT2D eigenvalue weighted by Crippen LogP contribution is 2.41. The minimum atomic E-state index is -0.443. The van der Waals surface area contributed by atoms with Gasteiger partial charge in [0.1, 0.15) is 0 Å². The fourth-order valence-electron chi connectivity index (χ4n) is 4.84. The van der Waals surface area contributed by atoms with Gasteiger partial charge in [0.25, 0.3) is 11.2 Å². The van der Waals surface area contributed by atoms with Gasteiger partial charge in [0, 0.05) is 22.2 Å². The molecule has 4 aromatic rings. The second-order valence-corrected chi connectivity index (χ2v) is 10.4. The molecule has 1 atom stereocenters. The highest BCUT2D eigenvalue weighted by molar-refractivity contribution is 9.10. The van der Waals surface area contributed by atoms with Crippen molar-refractivity contribution < 1.29 is 4.92 Å². The van der Waals surface area contributed by atoms with E-state index in [1.807, 2.05) is 48.5 Å². The summed E-state index contributed by atoms with van der Waals surface area (Å²) in [7, 11) is 0. The molecule has 6 rings (SSSR count). The van der Waals surface area contributed by atoms with Gasteiger partial charge in [-0.25, -0.2) is 4.99 Å². The van der Waals surface area contributed by atoms with Crippen molar-refractivity contribution in [2.75, 3.05) is 0 Å². The second-order valence-electron chi connectivity index (χ2n) is 8.52. The summed E-state index contributed by atoms with van der Waals surface area (Å²) in [4.78, 5) is 30.4. The molecule has 0 N–H and O–H groups in total. The first-order chi connectivity index (χ1) is 17.0. The smallest absolute Gasteiger partial charge is 0.271 e. The van der Waals surface area contributed by atoms with Gasteiger partial charge >= 0.3 is 0 Å². The molecule has 0 bridgehead atoms. The Morgan fingerprint density at radius 3 is 2.66 bits per heavy atom. The van der Waals surface area contributed by atoms with Crippen molar-refractivity contribution in [3.63, 3.8) is 0 Å². The zero-order chi connectivity index (χ0) is 24.1. The number of fused-ring (bicyclic) bond motifs is 3. The lowest BCUT2D eigenvalue weighted by atomic mass is 9.83. The third-order valence-electron chi connectivity index (χ3n) is 6.44. The van der Waals surface area contributed by atoms with Gasteiger partial charge in [-0.3, -0.25) is 19.5 Å². The van der Waals surface area contributed by atoms with Crippen molar-refractivity contribution in [2.24, 2.45) is 4.99 Å². The molecule has 1 aliphatic carbocycles. The fraction of sp³-hybridized carbons (Fsp3) is 0.111. The summed E-state index contributed by atoms with van der Waals surface area (Å²) in [6.07, 6.45) is 3.44. The third-order valence-corrected chi connectivity index (χ3v) is 7.95. The van der Waals surface area contributed by atoms with Crippen LogP contribution < -0.4 is 14.9 Å². The van der Waals surface area contributed by atoms with E-state index in [2.05, 4.69) is 28.1 Å². The molecule has 0 fully saturated rings. The molecule has 8 heteroatoms. The van der Waals surface area contributed by atoms with Crippen LogP contribution in [0.25, 0.3) is 11.8 Å². The predicted octanol–water partition coefficient (Wildman–Crippen LogP) is 4.99. The van der Waals surface area contributed by atoms with Gasteiger partial charge in [-0.15, -0.1) is 0 Å². The van der Waals surface area contributed by atoms with Crippen molar-refractivity contribution in [3.05, 3.63) is 135 Å². The molecule has 2 aliphatic rings. The molecule has 1 aromatic heterocycles. The number of aryl methyl sites for hydroxylation is 1. The average molecular weight is 544 g/mol. The maximum absolute atomic E-state index is 13.7. The molecule has 0 saturated carbocycles. The lowest BCUT2D eigenvalue weighted by Gasteiger charge is -2.30. The first kappa shape index (κ1) is 21.9. The summed E-state index contributed by atoms with van der Waals surface area (Å²) in [5, 5.41) is 11.5. The maximum Gasteiger partial charge on any atom is 0.271 e. The number of thiazole rings is 1. The number of benzene rings is 3. The lowest BCUT2D eigenvalue weighted by molar-refractivity contribution is -0.384. The molecule has 0 radical (unpaired) electrons. The number of allylic oxidation sites excluding steroid dienone is 1. The number of nitro groups is 1. The number of rotatable bonds is 3. The summed E-state index contributed by atoms with van der Waals surface area (Å²) in [5.41, 5.74) is 5.69. The van der Waals surface area contributed by atoms with Crippen LogP contribution in [0.5, 0.6) is 0 Å². The van der Waals surface area contributed by atoms with Crippen LogP contribution in [0.3, 0.4) is 0 Å². The molecule has 0 spiro atoms. The molecule has 1 aliphatic heterocycles. The molecule has 1 unspecified atom stereocenters. The zero-order valence-corrected chi connectivity index (χ0v) is 20.8. The maximum atomic E-state index is 13.7. The first-order valence-corrected chi connectivity index (χ1v) is 12.7. The van der Waals surface area contributed by atoms with Crippen LogP contribution in [0.4, 0.5) is 5.69 Å². The molecule has 0 saturated heterocycles. The van der Waals surface area contributed by atoms with Crippen LogP contribution in [-0.2, 0) is 6.42 Å². The largest absolute Gasteiger partial charge is 0.272 e. The van der Waals surface area contributed by atoms with Crippen molar-refractivity contribution in [1.29, 1.82) is 0 Å². The Kier molecular flexibility index (Phi) is 5.35. The quantitative estimate of drug-likeness (QED) is 0.270. The minimum Gasteiger partial charge on any atom is -0.272 e. The van der Waals surface area contributed by atoms with E-state index in [4.69, 9.17) is 4.99 Å². The van der Waals surface area contributed by atoms with Crippen LogP contribution in [0.15, 0.2) is 92.6 Å². The Labute approximate surface area is 212 Å². The number of nitro benzene ring substituents is 1. The van der Waals surface area contributed by atoms with Gasteiger partial charge in [0.05, 0.1) is 21.2 Å². The molecular weight excluding hydrogens is 526 g/mol. The molecule has 3 aromatic carbocycles. The van der Waals surface area contributed by atoms with E-state index in [0.717, 1.165) is 45.3 Å². The molecule has 172 valence electrons. The van der Waals surface area contributed by atoms with Crippen molar-refractivity contribution >= 4 is 44.7 Å². The van der Waals surface area contributed by atoms with Crippen LogP contribution >= 0.6 is 27.3 Å². The minimum absolute atomic E-state index is 0.00912. The Morgan fingerprint density at radius 1 is 1.06 bits per heavy atom. The van der Waals surface area contributed by atoms with Crippen LogP contribution in [-0.4, -0.2) is 9.49 Å². The highest BCUT2D eigenvalue weighted by Gasteiger charge is 2.33. The number of hydrogen-bond acceptors (Lipinski definition) is 5. The third kappa shape index (κ3) is 3.79. The Balaban J connectivity index is 1.63. The number of halogens is 1. The summed E-state index contributed by atoms with van der Waals surface area (Å²) in [6, 6.07) is 22.1. The number of non-ortho nitro benzene ring substituents is 1. The summed E-state index contributed by atoms with van der Waals surface area (Å²) >= 11 is 4.79. The molecular formula is C27H18BrN3O3S. The Morgan fingerprint density at radius 2 is 1.86 bits per heavy atom. The van der Waals surface area contributed by atoms with E-state index in [0.29, 0.717) is 9.33 Å². The second kappa shape index (κ2) is 8.55. The van der Waals surface area contributed by atoms with E-state index in [1.54, 1.807) is 16.7 Å². The van der Waals surface area contributed by atoms with Gasteiger partial charge in [-0.2, -0.15) is 0 Å². The van der Waals surface area contributed by atoms with Crippen molar-refractivity contribution in [2.45, 2.75) is 18.9 Å². The van der Waals surface area contributed by atoms with E-state index in [9.17, 15) is 14.9 Å². The monoisotopic (exact) mass is 543 g/mol. The molecule has 6 nitrogen and oxygen atoms in total. The lowest BCUT2D eigenvalue weighted by Crippen LogP contribution is -2.38. The van der Waals surface area contributed by atoms with Gasteiger partial charge in [-0.05, 0) is 53.3 Å². The van der Waals surface area contributed by atoms with Crippen molar-refractivity contribution in [1.82, 2.24) is 4.57 Å². The topological polar surface area (TPSA) is 77.5 Å². The normalized spacial score (nSPS) is 16.8. The van der Waals surface area contributed by atoms with Gasteiger partial charge < -0.3 is 0 Å². The fourth-order valence-corrected chi connectivity index (χ4v) is 6.11. The molecule has 2 heterocycles. The highest BCUT2D eigenvalue weighted by atomic mass is 79.9. The van der Waals surface area contributed by atoms with Gasteiger partial charge in [0.2, 0.25) is 0 Å². The first-order valence-electron chi connectivity index (χ1n) is 11.1. The molecule has 0 amide bonds. The van der Waals surface area contributed by atoms with Gasteiger partial charge in [-0.1, -0.05) is 75.8 Å². The summed E-state index contributed by atoms with van der Waals surface area (Å²) < 4.78 is 3.25. The number of nitrogens with zero attached hydrogens (tertiary/aromatic N) is 3. The van der Waals surface area contributed by atoms with E-state index < -0.39 is 11.0 Å². The zero-order valence-electron chi connectivity index (χ0n) is 18.3. The van der Waals surface area contributed by atoms with E-state index in [-0.39, 0.29) is 11.2 Å². The molecule has 35 heavy (non-hydrogen) atoms. The van der Waals surface area contributed by atoms with Crippen LogP contribution in [0.1, 0.15) is 34.7 Å². The number of aromatic nitrogens is 1. The summed E-state index contributed by atoms with van der Waals surface area (Å²) in [5.74, 6) is 0. The van der Waals surface area contributed by atoms with Crippen molar-refractivity contribution in [3.8, 4) is 0 Å².